The van der Waals surface area contributed by atoms with E-state index in [2.05, 4.69) is 5.32 Å². The Morgan fingerprint density at radius 2 is 1.95 bits per heavy atom. The summed E-state index contributed by atoms with van der Waals surface area (Å²) in [6, 6.07) is 11.4. The largest absolute Gasteiger partial charge is 0.399 e. The molecule has 0 aliphatic heterocycles. The van der Waals surface area contributed by atoms with Gasteiger partial charge < -0.3 is 16.0 Å². The smallest absolute Gasteiger partial charge is 0.253 e. The highest BCUT2D eigenvalue weighted by Crippen LogP contribution is 2.30. The summed E-state index contributed by atoms with van der Waals surface area (Å²) in [5, 5.41) is 2.74. The molecule has 5 heteroatoms. The van der Waals surface area contributed by atoms with Crippen LogP contribution in [0.1, 0.15) is 17.3 Å². The predicted octanol–water partition coefficient (Wildman–Crippen LogP) is 2.93. The lowest BCUT2D eigenvalue weighted by molar-refractivity contribution is 0.0956. The van der Waals surface area contributed by atoms with Gasteiger partial charge in [-0.25, -0.2) is 4.39 Å². The number of para-hydroxylation sites is 1. The van der Waals surface area contributed by atoms with E-state index in [0.29, 0.717) is 29.2 Å². The van der Waals surface area contributed by atoms with Crippen LogP contribution in [0.25, 0.3) is 0 Å². The van der Waals surface area contributed by atoms with Crippen LogP contribution in [0.15, 0.2) is 42.5 Å². The second kappa shape index (κ2) is 6.26. The van der Waals surface area contributed by atoms with Crippen molar-refractivity contribution in [3.05, 3.63) is 53.8 Å². The van der Waals surface area contributed by atoms with Crippen molar-refractivity contribution in [2.45, 2.75) is 6.92 Å². The van der Waals surface area contributed by atoms with E-state index in [4.69, 9.17) is 5.73 Å². The average Bonchev–Trinajstić information content (AvgIpc) is 2.47. The summed E-state index contributed by atoms with van der Waals surface area (Å²) in [5.41, 5.74) is 7.72. The number of hydrogen-bond acceptors (Lipinski definition) is 3. The first-order chi connectivity index (χ1) is 10.0. The van der Waals surface area contributed by atoms with E-state index >= 15 is 0 Å². The Morgan fingerprint density at radius 1 is 1.24 bits per heavy atom. The quantitative estimate of drug-likeness (QED) is 0.850. The number of anilines is 3. The van der Waals surface area contributed by atoms with Crippen molar-refractivity contribution in [2.24, 2.45) is 0 Å². The second-order valence-corrected chi connectivity index (χ2v) is 4.65. The Morgan fingerprint density at radius 3 is 2.62 bits per heavy atom. The van der Waals surface area contributed by atoms with Gasteiger partial charge in [-0.15, -0.1) is 0 Å². The van der Waals surface area contributed by atoms with Gasteiger partial charge in [0.25, 0.3) is 5.91 Å². The number of halogens is 1. The predicted molar refractivity (Wildman–Crippen MR) is 83.3 cm³/mol. The maximum atomic E-state index is 13.9. The zero-order valence-electron chi connectivity index (χ0n) is 12.1. The van der Waals surface area contributed by atoms with Gasteiger partial charge in [0.1, 0.15) is 5.82 Å². The molecule has 0 bridgehead atoms. The molecule has 0 spiro atoms. The van der Waals surface area contributed by atoms with Crippen LogP contribution in [0.4, 0.5) is 21.5 Å². The molecule has 0 aliphatic carbocycles. The van der Waals surface area contributed by atoms with E-state index in [1.165, 1.54) is 6.07 Å². The third kappa shape index (κ3) is 3.13. The highest BCUT2D eigenvalue weighted by Gasteiger charge is 2.17. The fraction of sp³-hybridized carbons (Fsp3) is 0.188. The van der Waals surface area contributed by atoms with Crippen molar-refractivity contribution in [2.75, 3.05) is 24.2 Å². The third-order valence-electron chi connectivity index (χ3n) is 3.18. The topological polar surface area (TPSA) is 58.4 Å². The number of carbonyl (C=O) groups is 1. The molecule has 110 valence electrons. The molecule has 0 saturated carbocycles. The molecule has 1 amide bonds. The van der Waals surface area contributed by atoms with Gasteiger partial charge >= 0.3 is 0 Å². The van der Waals surface area contributed by atoms with E-state index < -0.39 is 0 Å². The maximum absolute atomic E-state index is 13.9. The van der Waals surface area contributed by atoms with Crippen molar-refractivity contribution in [3.8, 4) is 0 Å². The molecule has 4 nitrogen and oxygen atoms in total. The summed E-state index contributed by atoms with van der Waals surface area (Å²) in [6.45, 7) is 2.36. The number of nitrogens with two attached hydrogens (primary N) is 1. The lowest BCUT2D eigenvalue weighted by atomic mass is 10.1. The van der Waals surface area contributed by atoms with Gasteiger partial charge in [0.15, 0.2) is 0 Å². The summed E-state index contributed by atoms with van der Waals surface area (Å²) < 4.78 is 13.9. The highest BCUT2D eigenvalue weighted by molar-refractivity contribution is 6.01. The molecule has 0 saturated heterocycles. The van der Waals surface area contributed by atoms with E-state index in [-0.39, 0.29) is 11.7 Å². The average molecular weight is 287 g/mol. The minimum Gasteiger partial charge on any atom is -0.399 e. The SMILES string of the molecule is CCNC(=O)c1ccc(N)cc1N(C)c1ccccc1F. The molecule has 21 heavy (non-hydrogen) atoms. The molecule has 2 rings (SSSR count). The molecule has 0 fully saturated rings. The fourth-order valence-corrected chi connectivity index (χ4v) is 2.13. The third-order valence-corrected chi connectivity index (χ3v) is 3.18. The monoisotopic (exact) mass is 287 g/mol. The van der Waals surface area contributed by atoms with Crippen molar-refractivity contribution < 1.29 is 9.18 Å². The molecule has 2 aromatic rings. The summed E-state index contributed by atoms with van der Waals surface area (Å²) in [4.78, 5) is 13.7. The summed E-state index contributed by atoms with van der Waals surface area (Å²) >= 11 is 0. The van der Waals surface area contributed by atoms with Crippen LogP contribution in [0.5, 0.6) is 0 Å². The Kier molecular flexibility index (Phi) is 4.42. The lowest BCUT2D eigenvalue weighted by Crippen LogP contribution is -2.25. The van der Waals surface area contributed by atoms with E-state index in [1.54, 1.807) is 48.3 Å². The number of rotatable bonds is 4. The van der Waals surface area contributed by atoms with Gasteiger partial charge in [-0.05, 0) is 37.3 Å². The summed E-state index contributed by atoms with van der Waals surface area (Å²) in [5.74, 6) is -0.569. The Balaban J connectivity index is 2.49. The van der Waals surface area contributed by atoms with Crippen LogP contribution in [0, 0.1) is 5.82 Å². The molecule has 2 aromatic carbocycles. The second-order valence-electron chi connectivity index (χ2n) is 4.65. The standard InChI is InChI=1S/C16H18FN3O/c1-3-19-16(21)12-9-8-11(18)10-15(12)20(2)14-7-5-4-6-13(14)17/h4-10H,3,18H2,1-2H3,(H,19,21). The summed E-state index contributed by atoms with van der Waals surface area (Å²) in [6.07, 6.45) is 0. The minimum absolute atomic E-state index is 0.212. The first-order valence-corrected chi connectivity index (χ1v) is 6.70. The number of nitrogen functional groups attached to an aromatic ring is 1. The van der Waals surface area contributed by atoms with Crippen molar-refractivity contribution in [3.63, 3.8) is 0 Å². The van der Waals surface area contributed by atoms with E-state index in [0.717, 1.165) is 0 Å². The summed E-state index contributed by atoms with van der Waals surface area (Å²) in [7, 11) is 1.70. The molecule has 0 aliphatic rings. The normalized spacial score (nSPS) is 10.2. The van der Waals surface area contributed by atoms with Crippen molar-refractivity contribution >= 4 is 23.0 Å². The van der Waals surface area contributed by atoms with Gasteiger partial charge in [0, 0.05) is 19.3 Å². The fourth-order valence-electron chi connectivity index (χ4n) is 2.13. The first kappa shape index (κ1) is 14.8. The van der Waals surface area contributed by atoms with Gasteiger partial charge in [-0.3, -0.25) is 4.79 Å². The van der Waals surface area contributed by atoms with Gasteiger partial charge in [-0.2, -0.15) is 0 Å². The molecular formula is C16H18FN3O. The number of carbonyl (C=O) groups excluding carboxylic acids is 1. The number of hydrogen-bond donors (Lipinski definition) is 2. The molecule has 0 heterocycles. The highest BCUT2D eigenvalue weighted by atomic mass is 19.1. The molecular weight excluding hydrogens is 269 g/mol. The van der Waals surface area contributed by atoms with Gasteiger partial charge in [-0.1, -0.05) is 12.1 Å². The van der Waals surface area contributed by atoms with Crippen LogP contribution in [0.3, 0.4) is 0 Å². The Bertz CT molecular complexity index is 658. The molecule has 0 atom stereocenters. The first-order valence-electron chi connectivity index (χ1n) is 6.70. The van der Waals surface area contributed by atoms with Gasteiger partial charge in [0.05, 0.1) is 16.9 Å². The number of amides is 1. The number of benzene rings is 2. The minimum atomic E-state index is -0.357. The van der Waals surface area contributed by atoms with Gasteiger partial charge in [0.2, 0.25) is 0 Å². The lowest BCUT2D eigenvalue weighted by Gasteiger charge is -2.23. The van der Waals surface area contributed by atoms with Crippen LogP contribution in [0.2, 0.25) is 0 Å². The molecule has 0 aromatic heterocycles. The molecule has 3 N–H and O–H groups in total. The Hall–Kier alpha value is -2.56. The van der Waals surface area contributed by atoms with Crippen molar-refractivity contribution in [1.82, 2.24) is 5.32 Å². The number of nitrogens with one attached hydrogen (secondary N) is 1. The zero-order chi connectivity index (χ0) is 15.4. The van der Waals surface area contributed by atoms with Crippen LogP contribution < -0.4 is 16.0 Å². The van der Waals surface area contributed by atoms with Crippen molar-refractivity contribution in [1.29, 1.82) is 0 Å². The molecule has 0 radical (unpaired) electrons. The van der Waals surface area contributed by atoms with Crippen LogP contribution in [-0.4, -0.2) is 19.5 Å². The van der Waals surface area contributed by atoms with E-state index in [1.807, 2.05) is 6.92 Å². The molecule has 0 unspecified atom stereocenters. The maximum Gasteiger partial charge on any atom is 0.253 e. The van der Waals surface area contributed by atoms with E-state index in [9.17, 15) is 9.18 Å². The van der Waals surface area contributed by atoms with Crippen LogP contribution in [-0.2, 0) is 0 Å². The van der Waals surface area contributed by atoms with Crippen LogP contribution >= 0.6 is 0 Å². The Labute approximate surface area is 123 Å². The number of nitrogens with zero attached hydrogens (tertiary/aromatic N) is 1. The zero-order valence-corrected chi connectivity index (χ0v) is 12.1.